The zero-order chi connectivity index (χ0) is 48.0. The molecular weight excluding hydrogens is 933 g/mol. The van der Waals surface area contributed by atoms with Crippen LogP contribution in [0.3, 0.4) is 0 Å². The summed E-state index contributed by atoms with van der Waals surface area (Å²) in [5, 5.41) is 0.799. The van der Waals surface area contributed by atoms with Crippen molar-refractivity contribution in [2.24, 2.45) is 0 Å². The van der Waals surface area contributed by atoms with Crippen LogP contribution in [0.2, 0.25) is 0 Å². The molecule has 0 saturated heterocycles. The third-order valence-electron chi connectivity index (χ3n) is 9.86. The lowest BCUT2D eigenvalue weighted by Crippen LogP contribution is -2.27. The van der Waals surface area contributed by atoms with Crippen molar-refractivity contribution in [3.05, 3.63) is 174 Å². The van der Waals surface area contributed by atoms with Gasteiger partial charge < -0.3 is 50.7 Å². The van der Waals surface area contributed by atoms with Crippen molar-refractivity contribution in [2.75, 3.05) is 28.4 Å². The number of hydrogen-bond donors (Lipinski definition) is 0. The molecule has 0 amide bonds. The van der Waals surface area contributed by atoms with Gasteiger partial charge in [0.2, 0.25) is 0 Å². The Labute approximate surface area is 393 Å². The van der Waals surface area contributed by atoms with Crippen molar-refractivity contribution in [3.8, 4) is 57.5 Å². The van der Waals surface area contributed by atoms with Gasteiger partial charge >= 0.3 is 17.2 Å². The summed E-state index contributed by atoms with van der Waals surface area (Å²) in [7, 11) is -3.56. The van der Waals surface area contributed by atoms with Gasteiger partial charge in [0.05, 0.1) is 39.0 Å². The standard InChI is InChI=1S/C50H41O15P3/c1-56-45-26-34(30-51)18-22-39(45)60-66(61-40-23-19-35(31-52)27-46(40)57-2)64-43-14-8-10-16-49(43)68(55,38-12-6-5-7-13-38)50-17-11-9-15-44(50)65-67(62-41-24-20-36(32-53)28-47(41)58-3)63-42-25-21-37(33-54)29-48(42)59-4/h5-33H,1-4H3. The third-order valence-corrected chi connectivity index (χ3v) is 15.1. The minimum absolute atomic E-state index is 0.0855. The number of carbonyl (C=O) groups excluding carboxylic acids is 4. The first kappa shape index (κ1) is 48.2. The second-order valence-corrected chi connectivity index (χ2v) is 18.7. The highest BCUT2D eigenvalue weighted by atomic mass is 31.2. The summed E-state index contributed by atoms with van der Waals surface area (Å²) in [6.07, 6.45) is 2.64. The molecule has 0 aliphatic rings. The first-order valence-corrected chi connectivity index (χ1v) is 24.1. The predicted molar refractivity (Wildman–Crippen MR) is 257 cm³/mol. The molecule has 0 saturated carbocycles. The van der Waals surface area contributed by atoms with Crippen LogP contribution in [0.25, 0.3) is 0 Å². The van der Waals surface area contributed by atoms with Gasteiger partial charge in [0.1, 0.15) is 36.6 Å². The molecule has 7 aromatic carbocycles. The van der Waals surface area contributed by atoms with E-state index in [4.69, 9.17) is 46.1 Å². The van der Waals surface area contributed by atoms with Crippen LogP contribution in [0.1, 0.15) is 41.4 Å². The molecule has 68 heavy (non-hydrogen) atoms. The van der Waals surface area contributed by atoms with E-state index >= 15 is 4.57 Å². The number of ether oxygens (including phenoxy) is 4. The summed E-state index contributed by atoms with van der Waals surface area (Å²) in [4.78, 5) is 46.6. The summed E-state index contributed by atoms with van der Waals surface area (Å²) >= 11 is 0. The first-order chi connectivity index (χ1) is 33.2. The van der Waals surface area contributed by atoms with Crippen molar-refractivity contribution in [2.45, 2.75) is 0 Å². The quantitative estimate of drug-likeness (QED) is 0.0437. The molecule has 0 N–H and O–H groups in total. The predicted octanol–water partition coefficient (Wildman–Crippen LogP) is 10.1. The summed E-state index contributed by atoms with van der Waals surface area (Å²) in [6, 6.07) is 40.2. The maximum atomic E-state index is 16.6. The number of aldehydes is 4. The average molecular weight is 975 g/mol. The lowest BCUT2D eigenvalue weighted by Gasteiger charge is -2.27. The number of para-hydroxylation sites is 2. The molecule has 346 valence electrons. The first-order valence-electron chi connectivity index (χ1n) is 20.2. The number of rotatable bonds is 23. The van der Waals surface area contributed by atoms with Crippen LogP contribution in [0.5, 0.6) is 57.5 Å². The molecule has 0 bridgehead atoms. The van der Waals surface area contributed by atoms with Gasteiger partial charge in [0.25, 0.3) is 0 Å². The molecule has 0 aromatic heterocycles. The number of hydrogen-bond acceptors (Lipinski definition) is 15. The fraction of sp³-hybridized carbons (Fsp3) is 0.0800. The lowest BCUT2D eigenvalue weighted by atomic mass is 10.2. The Morgan fingerprint density at radius 1 is 0.338 bits per heavy atom. The smallest absolute Gasteiger partial charge is 0.493 e. The van der Waals surface area contributed by atoms with Crippen LogP contribution in [0.4, 0.5) is 0 Å². The highest BCUT2D eigenvalue weighted by molar-refractivity contribution is 7.85. The largest absolute Gasteiger partial charge is 0.530 e. The van der Waals surface area contributed by atoms with Crippen LogP contribution < -0.4 is 62.0 Å². The molecule has 0 aliphatic carbocycles. The minimum Gasteiger partial charge on any atom is -0.493 e. The zero-order valence-electron chi connectivity index (χ0n) is 36.7. The highest BCUT2D eigenvalue weighted by Gasteiger charge is 2.38. The Morgan fingerprint density at radius 2 is 0.618 bits per heavy atom. The van der Waals surface area contributed by atoms with Crippen LogP contribution in [0, 0.1) is 0 Å². The van der Waals surface area contributed by atoms with E-state index in [0.29, 0.717) is 52.7 Å². The summed E-state index contributed by atoms with van der Waals surface area (Å²) in [5.41, 5.74) is 1.30. The Hall–Kier alpha value is -7.69. The molecule has 7 aromatic rings. The molecule has 7 rings (SSSR count). The monoisotopic (exact) mass is 974 g/mol. The van der Waals surface area contributed by atoms with Crippen molar-refractivity contribution in [1.29, 1.82) is 0 Å². The van der Waals surface area contributed by atoms with Gasteiger partial charge in [0, 0.05) is 27.6 Å². The average Bonchev–Trinajstić information content (AvgIpc) is 3.39. The van der Waals surface area contributed by atoms with Crippen molar-refractivity contribution < 1.29 is 69.8 Å². The second kappa shape index (κ2) is 22.7. The zero-order valence-corrected chi connectivity index (χ0v) is 39.4. The Morgan fingerprint density at radius 3 is 0.912 bits per heavy atom. The van der Waals surface area contributed by atoms with Gasteiger partial charge in [-0.15, -0.1) is 0 Å². The van der Waals surface area contributed by atoms with E-state index in [-0.39, 0.29) is 68.1 Å². The molecule has 0 spiro atoms. The molecule has 15 nitrogen and oxygen atoms in total. The van der Waals surface area contributed by atoms with E-state index in [1.807, 2.05) is 0 Å². The fourth-order valence-corrected chi connectivity index (χ4v) is 11.7. The van der Waals surface area contributed by atoms with Gasteiger partial charge in [-0.25, -0.2) is 0 Å². The van der Waals surface area contributed by atoms with E-state index in [0.717, 1.165) is 0 Å². The molecule has 0 aliphatic heterocycles. The van der Waals surface area contributed by atoms with E-state index in [1.54, 1.807) is 78.9 Å². The maximum absolute atomic E-state index is 16.6. The lowest BCUT2D eigenvalue weighted by molar-refractivity contribution is 0.111. The van der Waals surface area contributed by atoms with Crippen molar-refractivity contribution in [1.82, 2.24) is 0 Å². The Kier molecular flexibility index (Phi) is 16.1. The normalized spacial score (nSPS) is 10.9. The van der Waals surface area contributed by atoms with Crippen LogP contribution in [-0.4, -0.2) is 53.6 Å². The van der Waals surface area contributed by atoms with Crippen LogP contribution >= 0.6 is 24.3 Å². The van der Waals surface area contributed by atoms with E-state index in [9.17, 15) is 19.2 Å². The number of methoxy groups -OCH3 is 4. The molecule has 0 atom stereocenters. The van der Waals surface area contributed by atoms with Gasteiger partial charge in [-0.3, -0.25) is 19.2 Å². The highest BCUT2D eigenvalue weighted by Crippen LogP contribution is 2.54. The molecule has 0 fully saturated rings. The minimum atomic E-state index is -4.10. The van der Waals surface area contributed by atoms with Gasteiger partial charge in [-0.2, -0.15) is 0 Å². The van der Waals surface area contributed by atoms with E-state index in [2.05, 4.69) is 0 Å². The number of carbonyl (C=O) groups is 4. The van der Waals surface area contributed by atoms with Gasteiger partial charge in [-0.05, 0) is 97.1 Å². The molecule has 0 radical (unpaired) electrons. The summed E-state index contributed by atoms with van der Waals surface area (Å²) < 4.78 is 77.7. The van der Waals surface area contributed by atoms with E-state index < -0.39 is 24.3 Å². The Bertz CT molecular complexity index is 2670. The molecule has 0 unspecified atom stereocenters. The number of benzene rings is 7. The van der Waals surface area contributed by atoms with Gasteiger partial charge in [0.15, 0.2) is 53.1 Å². The van der Waals surface area contributed by atoms with Gasteiger partial charge in [-0.1, -0.05) is 54.6 Å². The summed E-state index contributed by atoms with van der Waals surface area (Å²) in [5.74, 6) is 1.56. The topological polar surface area (TPSA) is 178 Å². The van der Waals surface area contributed by atoms with Crippen molar-refractivity contribution >= 4 is 65.4 Å². The molecular formula is C50H41O15P3. The third kappa shape index (κ3) is 10.9. The second-order valence-electron chi connectivity index (χ2n) is 14.0. The van der Waals surface area contributed by atoms with Crippen LogP contribution in [0.15, 0.2) is 152 Å². The maximum Gasteiger partial charge on any atom is 0.530 e. The van der Waals surface area contributed by atoms with Crippen molar-refractivity contribution in [3.63, 3.8) is 0 Å². The van der Waals surface area contributed by atoms with Crippen LogP contribution in [-0.2, 0) is 4.57 Å². The van der Waals surface area contributed by atoms with E-state index in [1.165, 1.54) is 101 Å². The molecule has 18 heteroatoms. The Balaban J connectivity index is 1.35. The fourth-order valence-electron chi connectivity index (χ4n) is 6.56. The molecule has 0 heterocycles. The summed E-state index contributed by atoms with van der Waals surface area (Å²) in [6.45, 7) is 0. The SMILES string of the molecule is COc1cc(C=O)ccc1OP(Oc1ccc(C=O)cc1OC)Oc1ccccc1P(=O)(c1ccccc1)c1ccccc1OP(Oc1ccc(C=O)cc1OC)Oc1ccc(C=O)cc1OC.